The maximum atomic E-state index is 5.90. The van der Waals surface area contributed by atoms with E-state index in [1.807, 2.05) is 0 Å². The van der Waals surface area contributed by atoms with E-state index in [0.717, 1.165) is 9.77 Å². The summed E-state index contributed by atoms with van der Waals surface area (Å²) >= 11 is 13.8. The van der Waals surface area contributed by atoms with Crippen LogP contribution in [0.15, 0.2) is 27.3 Å². The van der Waals surface area contributed by atoms with Crippen molar-refractivity contribution in [2.45, 2.75) is 15.0 Å². The number of thiol groups is 1. The van der Waals surface area contributed by atoms with Crippen LogP contribution in [0, 0.1) is 0 Å². The minimum Gasteiger partial charge on any atom is -0.132 e. The molecule has 0 nitrogen and oxygen atoms in total. The summed E-state index contributed by atoms with van der Waals surface area (Å²) in [4.78, 5) is 1.27. The molecule has 14 heavy (non-hydrogen) atoms. The molecule has 4 heteroatoms. The highest BCUT2D eigenvalue weighted by atomic mass is 35.5. The molecular weight excluding hydrogens is 252 g/mol. The zero-order chi connectivity index (χ0) is 10.1. The van der Waals surface area contributed by atoms with Crippen molar-refractivity contribution in [1.29, 1.82) is 0 Å². The normalized spacial score (nSPS) is 11.1. The van der Waals surface area contributed by atoms with Gasteiger partial charge in [-0.2, -0.15) is 0 Å². The molecule has 0 radical (unpaired) electrons. The Balaban J connectivity index is 2.71. The summed E-state index contributed by atoms with van der Waals surface area (Å²) in [5, 5.41) is 1.25. The lowest BCUT2D eigenvalue weighted by Crippen LogP contribution is -1.76. The minimum atomic E-state index is 0.538. The standard InChI is InChI=1S/C10H9ClS3/c1-13-6-2-3-9-7(4-6)8(5-11)10(12)14-9/h2-4,12H,5H2,1H3. The fourth-order valence-electron chi connectivity index (χ4n) is 1.37. The Bertz CT molecular complexity index is 462. The molecule has 0 saturated heterocycles. The number of thiophene rings is 1. The van der Waals surface area contributed by atoms with Crippen LogP contribution < -0.4 is 0 Å². The van der Waals surface area contributed by atoms with Crippen LogP contribution >= 0.6 is 47.3 Å². The van der Waals surface area contributed by atoms with Crippen molar-refractivity contribution in [2.75, 3.05) is 6.26 Å². The molecule has 0 bridgehead atoms. The number of benzene rings is 1. The SMILES string of the molecule is CSc1ccc2sc(S)c(CCl)c2c1. The third-order valence-electron chi connectivity index (χ3n) is 2.11. The minimum absolute atomic E-state index is 0.538. The average molecular weight is 261 g/mol. The first-order valence-corrected chi connectivity index (χ1v) is 7.13. The highest BCUT2D eigenvalue weighted by molar-refractivity contribution is 7.98. The van der Waals surface area contributed by atoms with Crippen molar-refractivity contribution >= 4 is 57.4 Å². The van der Waals surface area contributed by atoms with Crippen molar-refractivity contribution in [3.63, 3.8) is 0 Å². The lowest BCUT2D eigenvalue weighted by atomic mass is 10.2. The van der Waals surface area contributed by atoms with Crippen LogP contribution in [0.2, 0.25) is 0 Å². The quantitative estimate of drug-likeness (QED) is 0.466. The second-order valence-corrected chi connectivity index (χ2v) is 5.83. The Morgan fingerprint density at radius 3 is 2.93 bits per heavy atom. The maximum absolute atomic E-state index is 5.90. The molecule has 1 aromatic heterocycles. The molecule has 2 rings (SSSR count). The first kappa shape index (κ1) is 10.7. The molecule has 0 amide bonds. The van der Waals surface area contributed by atoms with Gasteiger partial charge in [0.05, 0.1) is 4.21 Å². The van der Waals surface area contributed by atoms with E-state index in [0.29, 0.717) is 5.88 Å². The van der Waals surface area contributed by atoms with Crippen LogP contribution in [0.1, 0.15) is 5.56 Å². The molecule has 0 unspecified atom stereocenters. The van der Waals surface area contributed by atoms with E-state index >= 15 is 0 Å². The van der Waals surface area contributed by atoms with E-state index in [-0.39, 0.29) is 0 Å². The molecule has 0 fully saturated rings. The molecule has 0 saturated carbocycles. The number of fused-ring (bicyclic) bond motifs is 1. The molecule has 0 spiro atoms. The fraction of sp³-hybridized carbons (Fsp3) is 0.200. The van der Waals surface area contributed by atoms with Crippen molar-refractivity contribution in [2.24, 2.45) is 0 Å². The van der Waals surface area contributed by atoms with Gasteiger partial charge in [-0.25, -0.2) is 0 Å². The number of alkyl halides is 1. The summed E-state index contributed by atoms with van der Waals surface area (Å²) in [6.07, 6.45) is 2.08. The molecule has 2 aromatic rings. The lowest BCUT2D eigenvalue weighted by Gasteiger charge is -1.97. The van der Waals surface area contributed by atoms with Crippen LogP contribution in [-0.4, -0.2) is 6.26 Å². The van der Waals surface area contributed by atoms with Crippen molar-refractivity contribution in [3.8, 4) is 0 Å². The van der Waals surface area contributed by atoms with Crippen LogP contribution in [0.25, 0.3) is 10.1 Å². The molecule has 1 aromatic carbocycles. The molecule has 0 N–H and O–H groups in total. The zero-order valence-electron chi connectivity index (χ0n) is 7.58. The summed E-state index contributed by atoms with van der Waals surface area (Å²) < 4.78 is 2.30. The average Bonchev–Trinajstić information content (AvgIpc) is 2.52. The van der Waals surface area contributed by atoms with E-state index in [1.165, 1.54) is 15.0 Å². The van der Waals surface area contributed by atoms with E-state index in [4.69, 9.17) is 11.6 Å². The van der Waals surface area contributed by atoms with E-state index in [9.17, 15) is 0 Å². The van der Waals surface area contributed by atoms with Crippen molar-refractivity contribution in [1.82, 2.24) is 0 Å². The summed E-state index contributed by atoms with van der Waals surface area (Å²) in [6.45, 7) is 0. The Morgan fingerprint density at radius 1 is 1.50 bits per heavy atom. The van der Waals surface area contributed by atoms with Crippen LogP contribution in [0.4, 0.5) is 0 Å². The molecule has 0 aliphatic rings. The monoisotopic (exact) mass is 260 g/mol. The Hall–Kier alpha value is 0.170. The number of rotatable bonds is 2. The van der Waals surface area contributed by atoms with Gasteiger partial charge in [0, 0.05) is 15.5 Å². The van der Waals surface area contributed by atoms with Gasteiger partial charge < -0.3 is 0 Å². The Morgan fingerprint density at radius 2 is 2.29 bits per heavy atom. The fourth-order valence-corrected chi connectivity index (χ4v) is 3.70. The number of hydrogen-bond acceptors (Lipinski definition) is 3. The summed E-state index contributed by atoms with van der Waals surface area (Å²) in [5.41, 5.74) is 1.16. The zero-order valence-corrected chi connectivity index (χ0v) is 10.9. The first-order valence-electron chi connectivity index (χ1n) is 4.10. The summed E-state index contributed by atoms with van der Waals surface area (Å²) in [7, 11) is 0. The van der Waals surface area contributed by atoms with Crippen LogP contribution in [0.5, 0.6) is 0 Å². The van der Waals surface area contributed by atoms with E-state index < -0.39 is 0 Å². The molecule has 1 heterocycles. The van der Waals surface area contributed by atoms with Gasteiger partial charge in [-0.15, -0.1) is 47.3 Å². The topological polar surface area (TPSA) is 0 Å². The van der Waals surface area contributed by atoms with Gasteiger partial charge in [0.15, 0.2) is 0 Å². The summed E-state index contributed by atoms with van der Waals surface area (Å²) in [6, 6.07) is 6.46. The van der Waals surface area contributed by atoms with Crippen LogP contribution in [0.3, 0.4) is 0 Å². The van der Waals surface area contributed by atoms with Gasteiger partial charge >= 0.3 is 0 Å². The van der Waals surface area contributed by atoms with Crippen LogP contribution in [-0.2, 0) is 5.88 Å². The molecular formula is C10H9ClS3. The highest BCUT2D eigenvalue weighted by Gasteiger charge is 2.08. The van der Waals surface area contributed by atoms with Gasteiger partial charge in [0.25, 0.3) is 0 Å². The van der Waals surface area contributed by atoms with Gasteiger partial charge in [0.1, 0.15) is 0 Å². The van der Waals surface area contributed by atoms with E-state index in [2.05, 4.69) is 37.1 Å². The number of hydrogen-bond donors (Lipinski definition) is 1. The second-order valence-electron chi connectivity index (χ2n) is 2.88. The number of thioether (sulfide) groups is 1. The first-order chi connectivity index (χ1) is 6.76. The molecule has 74 valence electrons. The van der Waals surface area contributed by atoms with Gasteiger partial charge in [0.2, 0.25) is 0 Å². The van der Waals surface area contributed by atoms with Gasteiger partial charge in [-0.1, -0.05) is 0 Å². The second kappa shape index (κ2) is 4.35. The largest absolute Gasteiger partial charge is 0.132 e. The molecule has 0 atom stereocenters. The number of halogens is 1. The smallest absolute Gasteiger partial charge is 0.0624 e. The van der Waals surface area contributed by atoms with Gasteiger partial charge in [-0.05, 0) is 35.4 Å². The van der Waals surface area contributed by atoms with Crippen molar-refractivity contribution < 1.29 is 0 Å². The van der Waals surface area contributed by atoms with E-state index in [1.54, 1.807) is 23.1 Å². The Kier molecular flexibility index (Phi) is 3.32. The molecule has 0 aliphatic carbocycles. The lowest BCUT2D eigenvalue weighted by molar-refractivity contribution is 1.39. The predicted molar refractivity (Wildman–Crippen MR) is 70.4 cm³/mol. The predicted octanol–water partition coefficient (Wildman–Crippen LogP) is 4.65. The third kappa shape index (κ3) is 1.78. The third-order valence-corrected chi connectivity index (χ3v) is 4.66. The summed E-state index contributed by atoms with van der Waals surface area (Å²) in [5.74, 6) is 0.538. The van der Waals surface area contributed by atoms with Gasteiger partial charge in [-0.3, -0.25) is 0 Å². The molecule has 0 aliphatic heterocycles. The maximum Gasteiger partial charge on any atom is 0.0624 e. The Labute approximate surface area is 102 Å². The van der Waals surface area contributed by atoms with Crippen molar-refractivity contribution in [3.05, 3.63) is 23.8 Å². The highest BCUT2D eigenvalue weighted by Crippen LogP contribution is 2.36.